The Morgan fingerprint density at radius 1 is 1.62 bits per heavy atom. The molecule has 2 rings (SSSR count). The molecule has 0 aliphatic carbocycles. The van der Waals surface area contributed by atoms with E-state index < -0.39 is 0 Å². The van der Waals surface area contributed by atoms with Crippen LogP contribution < -0.4 is 10.5 Å². The Labute approximate surface area is 76.5 Å². The van der Waals surface area contributed by atoms with Crippen LogP contribution in [-0.2, 0) is 0 Å². The third-order valence-corrected chi connectivity index (χ3v) is 2.43. The standard InChI is InChI=1S/C10H12FNO/c1-6(12)9-5-13-10-4-7(11)2-3-8(9)10/h2-4,6,9H,5,12H2,1H3. The molecule has 2 atom stereocenters. The normalized spacial score (nSPS) is 22.2. The summed E-state index contributed by atoms with van der Waals surface area (Å²) in [6.07, 6.45) is 0. The fourth-order valence-electron chi connectivity index (χ4n) is 1.64. The monoisotopic (exact) mass is 181 g/mol. The molecule has 2 unspecified atom stereocenters. The fourth-order valence-corrected chi connectivity index (χ4v) is 1.64. The maximum absolute atomic E-state index is 12.8. The Hall–Kier alpha value is -1.09. The number of hydrogen-bond donors (Lipinski definition) is 1. The molecule has 0 saturated carbocycles. The molecular formula is C10H12FNO. The summed E-state index contributed by atoms with van der Waals surface area (Å²) in [6.45, 7) is 2.50. The summed E-state index contributed by atoms with van der Waals surface area (Å²) in [7, 11) is 0. The van der Waals surface area contributed by atoms with Crippen LogP contribution in [-0.4, -0.2) is 12.6 Å². The van der Waals surface area contributed by atoms with E-state index in [0.717, 1.165) is 5.56 Å². The molecule has 1 aliphatic rings. The molecular weight excluding hydrogens is 169 g/mol. The molecule has 1 aromatic rings. The van der Waals surface area contributed by atoms with Gasteiger partial charge in [0.15, 0.2) is 0 Å². The minimum absolute atomic E-state index is 0.0479. The van der Waals surface area contributed by atoms with Gasteiger partial charge in [-0.3, -0.25) is 0 Å². The Morgan fingerprint density at radius 3 is 3.08 bits per heavy atom. The van der Waals surface area contributed by atoms with E-state index in [1.807, 2.05) is 6.92 Å². The van der Waals surface area contributed by atoms with Crippen molar-refractivity contribution in [2.45, 2.75) is 18.9 Å². The highest BCUT2D eigenvalue weighted by Gasteiger charge is 2.27. The summed E-state index contributed by atoms with van der Waals surface area (Å²) in [5.41, 5.74) is 6.80. The number of hydrogen-bond acceptors (Lipinski definition) is 2. The Morgan fingerprint density at radius 2 is 2.38 bits per heavy atom. The van der Waals surface area contributed by atoms with Gasteiger partial charge in [0.25, 0.3) is 0 Å². The lowest BCUT2D eigenvalue weighted by Gasteiger charge is -2.12. The number of rotatable bonds is 1. The topological polar surface area (TPSA) is 35.2 Å². The minimum Gasteiger partial charge on any atom is -0.492 e. The van der Waals surface area contributed by atoms with Crippen molar-refractivity contribution in [1.82, 2.24) is 0 Å². The summed E-state index contributed by atoms with van der Waals surface area (Å²) in [4.78, 5) is 0. The van der Waals surface area contributed by atoms with Crippen molar-refractivity contribution in [2.75, 3.05) is 6.61 Å². The van der Waals surface area contributed by atoms with Gasteiger partial charge in [-0.1, -0.05) is 6.07 Å². The van der Waals surface area contributed by atoms with Crippen molar-refractivity contribution in [2.24, 2.45) is 5.73 Å². The van der Waals surface area contributed by atoms with Gasteiger partial charge < -0.3 is 10.5 Å². The van der Waals surface area contributed by atoms with E-state index in [-0.39, 0.29) is 17.8 Å². The third kappa shape index (κ3) is 1.40. The highest BCUT2D eigenvalue weighted by molar-refractivity contribution is 5.40. The van der Waals surface area contributed by atoms with E-state index >= 15 is 0 Å². The first-order valence-electron chi connectivity index (χ1n) is 4.36. The van der Waals surface area contributed by atoms with E-state index in [1.54, 1.807) is 6.07 Å². The van der Waals surface area contributed by atoms with Crippen LogP contribution in [0.5, 0.6) is 5.75 Å². The fraction of sp³-hybridized carbons (Fsp3) is 0.400. The first kappa shape index (κ1) is 8.51. The number of halogens is 1. The van der Waals surface area contributed by atoms with E-state index in [0.29, 0.717) is 12.4 Å². The van der Waals surface area contributed by atoms with Gasteiger partial charge in [-0.05, 0) is 13.0 Å². The van der Waals surface area contributed by atoms with Gasteiger partial charge in [0.2, 0.25) is 0 Å². The number of nitrogens with two attached hydrogens (primary N) is 1. The third-order valence-electron chi connectivity index (χ3n) is 2.43. The first-order valence-corrected chi connectivity index (χ1v) is 4.36. The van der Waals surface area contributed by atoms with Gasteiger partial charge in [0.05, 0.1) is 6.61 Å². The largest absolute Gasteiger partial charge is 0.492 e. The molecule has 2 N–H and O–H groups in total. The zero-order valence-electron chi connectivity index (χ0n) is 7.46. The van der Waals surface area contributed by atoms with Crippen molar-refractivity contribution >= 4 is 0 Å². The first-order chi connectivity index (χ1) is 6.18. The van der Waals surface area contributed by atoms with Crippen molar-refractivity contribution in [1.29, 1.82) is 0 Å². The van der Waals surface area contributed by atoms with E-state index in [4.69, 9.17) is 10.5 Å². The van der Waals surface area contributed by atoms with Crippen LogP contribution in [0.2, 0.25) is 0 Å². The SMILES string of the molecule is CC(N)C1COc2cc(F)ccc21. The smallest absolute Gasteiger partial charge is 0.126 e. The molecule has 0 amide bonds. The van der Waals surface area contributed by atoms with Crippen LogP contribution in [0, 0.1) is 5.82 Å². The highest BCUT2D eigenvalue weighted by atomic mass is 19.1. The number of ether oxygens (including phenoxy) is 1. The van der Waals surface area contributed by atoms with E-state index in [2.05, 4.69) is 0 Å². The van der Waals surface area contributed by atoms with Crippen molar-refractivity contribution in [3.05, 3.63) is 29.6 Å². The summed E-state index contributed by atoms with van der Waals surface area (Å²) in [5.74, 6) is 0.585. The zero-order valence-corrected chi connectivity index (χ0v) is 7.46. The predicted molar refractivity (Wildman–Crippen MR) is 48.3 cm³/mol. The molecule has 0 aromatic heterocycles. The predicted octanol–water partition coefficient (Wildman–Crippen LogP) is 1.65. The molecule has 0 saturated heterocycles. The lowest BCUT2D eigenvalue weighted by Crippen LogP contribution is -2.25. The molecule has 0 fully saturated rings. The zero-order chi connectivity index (χ0) is 9.42. The van der Waals surface area contributed by atoms with Crippen LogP contribution in [0.4, 0.5) is 4.39 Å². The Balaban J connectivity index is 2.38. The quantitative estimate of drug-likeness (QED) is 0.715. The Bertz CT molecular complexity index is 325. The lowest BCUT2D eigenvalue weighted by atomic mass is 9.95. The van der Waals surface area contributed by atoms with Crippen molar-refractivity contribution in [3.63, 3.8) is 0 Å². The number of fused-ring (bicyclic) bond motifs is 1. The molecule has 3 heteroatoms. The molecule has 2 nitrogen and oxygen atoms in total. The van der Waals surface area contributed by atoms with Crippen molar-refractivity contribution < 1.29 is 9.13 Å². The van der Waals surface area contributed by atoms with E-state index in [1.165, 1.54) is 12.1 Å². The van der Waals surface area contributed by atoms with Gasteiger partial charge >= 0.3 is 0 Å². The second kappa shape index (κ2) is 3.00. The number of benzene rings is 1. The molecule has 0 radical (unpaired) electrons. The van der Waals surface area contributed by atoms with E-state index in [9.17, 15) is 4.39 Å². The molecule has 0 bridgehead atoms. The molecule has 70 valence electrons. The second-order valence-electron chi connectivity index (χ2n) is 3.46. The molecule has 1 aliphatic heterocycles. The Kier molecular flexibility index (Phi) is 1.96. The molecule has 13 heavy (non-hydrogen) atoms. The molecule has 0 spiro atoms. The van der Waals surface area contributed by atoms with Crippen LogP contribution in [0.15, 0.2) is 18.2 Å². The van der Waals surface area contributed by atoms with Gasteiger partial charge in [-0.15, -0.1) is 0 Å². The summed E-state index contributed by atoms with van der Waals surface area (Å²) < 4.78 is 18.1. The summed E-state index contributed by atoms with van der Waals surface area (Å²) >= 11 is 0. The average Bonchev–Trinajstić information content (AvgIpc) is 2.46. The molecule has 1 heterocycles. The van der Waals surface area contributed by atoms with Crippen LogP contribution in [0.3, 0.4) is 0 Å². The lowest BCUT2D eigenvalue weighted by molar-refractivity contribution is 0.317. The van der Waals surface area contributed by atoms with Crippen molar-refractivity contribution in [3.8, 4) is 5.75 Å². The van der Waals surface area contributed by atoms with Crippen LogP contribution in [0.25, 0.3) is 0 Å². The van der Waals surface area contributed by atoms with Crippen LogP contribution >= 0.6 is 0 Å². The summed E-state index contributed by atoms with van der Waals surface area (Å²) in [6, 6.07) is 4.67. The highest BCUT2D eigenvalue weighted by Crippen LogP contribution is 2.35. The summed E-state index contributed by atoms with van der Waals surface area (Å²) in [5, 5.41) is 0. The average molecular weight is 181 g/mol. The maximum Gasteiger partial charge on any atom is 0.126 e. The van der Waals surface area contributed by atoms with Gasteiger partial charge in [-0.2, -0.15) is 0 Å². The van der Waals surface area contributed by atoms with Gasteiger partial charge in [0, 0.05) is 23.6 Å². The van der Waals surface area contributed by atoms with Gasteiger partial charge in [-0.25, -0.2) is 4.39 Å². The molecule has 1 aromatic carbocycles. The minimum atomic E-state index is -0.260. The second-order valence-corrected chi connectivity index (χ2v) is 3.46. The van der Waals surface area contributed by atoms with Gasteiger partial charge in [0.1, 0.15) is 11.6 Å². The van der Waals surface area contributed by atoms with Crippen LogP contribution in [0.1, 0.15) is 18.4 Å². The maximum atomic E-state index is 12.8.